The highest BCUT2D eigenvalue weighted by molar-refractivity contribution is 7.98. The molecule has 0 aliphatic rings. The maximum Gasteiger partial charge on any atom is 0.230 e. The van der Waals surface area contributed by atoms with Crippen LogP contribution >= 0.6 is 11.8 Å². The normalized spacial score (nSPS) is 10.6. The lowest BCUT2D eigenvalue weighted by Crippen LogP contribution is -1.95. The molecule has 1 heterocycles. The average Bonchev–Trinajstić information content (AvgIpc) is 2.61. The lowest BCUT2D eigenvalue weighted by Gasteiger charge is -2.11. The van der Waals surface area contributed by atoms with E-state index in [0.29, 0.717) is 17.4 Å². The first-order valence-corrected chi connectivity index (χ1v) is 8.16. The molecule has 0 radical (unpaired) electrons. The number of methoxy groups -OCH3 is 2. The Labute approximate surface area is 138 Å². The van der Waals surface area contributed by atoms with E-state index in [9.17, 15) is 0 Å². The van der Waals surface area contributed by atoms with Crippen LogP contribution in [0.4, 0.5) is 0 Å². The Balaban J connectivity index is 2.02. The predicted molar refractivity (Wildman–Crippen MR) is 90.9 cm³/mol. The van der Waals surface area contributed by atoms with Crippen LogP contribution in [0.5, 0.6) is 23.1 Å². The molecule has 0 aliphatic heterocycles. The summed E-state index contributed by atoms with van der Waals surface area (Å²) in [4.78, 5) is 9.68. The first-order valence-electron chi connectivity index (χ1n) is 6.94. The van der Waals surface area contributed by atoms with Crippen molar-refractivity contribution in [2.75, 3.05) is 20.5 Å². The van der Waals surface area contributed by atoms with Gasteiger partial charge >= 0.3 is 0 Å². The molecule has 23 heavy (non-hydrogen) atoms. The van der Waals surface area contributed by atoms with Crippen LogP contribution in [0.3, 0.4) is 0 Å². The fourth-order valence-electron chi connectivity index (χ4n) is 2.20. The van der Waals surface area contributed by atoms with E-state index in [1.807, 2.05) is 36.6 Å². The Hall–Kier alpha value is -2.47. The highest BCUT2D eigenvalue weighted by Gasteiger charge is 2.12. The number of thioether (sulfide) groups is 1. The number of hydrogen-bond donors (Lipinski definition) is 0. The van der Waals surface area contributed by atoms with Crippen molar-refractivity contribution >= 4 is 22.7 Å². The van der Waals surface area contributed by atoms with Crippen molar-refractivity contribution in [3.05, 3.63) is 42.7 Å². The zero-order chi connectivity index (χ0) is 16.2. The molecule has 2 aromatic carbocycles. The minimum Gasteiger partial charge on any atom is -0.493 e. The molecule has 0 atom stereocenters. The third-order valence-corrected chi connectivity index (χ3v) is 4.12. The van der Waals surface area contributed by atoms with E-state index < -0.39 is 0 Å². The molecule has 0 fully saturated rings. The summed E-state index contributed by atoms with van der Waals surface area (Å²) in [5.41, 5.74) is 0.730. The van der Waals surface area contributed by atoms with Gasteiger partial charge in [-0.1, -0.05) is 0 Å². The minimum atomic E-state index is 0.479. The number of nitrogens with zero attached hydrogens (tertiary/aromatic N) is 2. The van der Waals surface area contributed by atoms with Gasteiger partial charge in [-0.3, -0.25) is 0 Å². The van der Waals surface area contributed by atoms with Gasteiger partial charge in [0.05, 0.1) is 25.1 Å². The summed E-state index contributed by atoms with van der Waals surface area (Å²) in [6, 6.07) is 11.5. The highest BCUT2D eigenvalue weighted by atomic mass is 32.2. The van der Waals surface area contributed by atoms with Crippen molar-refractivity contribution < 1.29 is 14.2 Å². The Morgan fingerprint density at radius 1 is 0.913 bits per heavy atom. The molecule has 0 spiro atoms. The maximum atomic E-state index is 5.91. The van der Waals surface area contributed by atoms with E-state index >= 15 is 0 Å². The summed E-state index contributed by atoms with van der Waals surface area (Å²) >= 11 is 1.68. The van der Waals surface area contributed by atoms with Crippen LogP contribution in [-0.2, 0) is 0 Å². The number of benzene rings is 2. The summed E-state index contributed by atoms with van der Waals surface area (Å²) < 4.78 is 16.5. The second kappa shape index (κ2) is 6.75. The Bertz CT molecular complexity index is 822. The maximum absolute atomic E-state index is 5.91. The van der Waals surface area contributed by atoms with Crippen LogP contribution < -0.4 is 14.2 Å². The zero-order valence-corrected chi connectivity index (χ0v) is 13.9. The fourth-order valence-corrected chi connectivity index (χ4v) is 2.60. The molecule has 0 bridgehead atoms. The second-order valence-electron chi connectivity index (χ2n) is 4.68. The molecule has 0 saturated carbocycles. The summed E-state index contributed by atoms with van der Waals surface area (Å²) in [5, 5.41) is 0.763. The lowest BCUT2D eigenvalue weighted by molar-refractivity contribution is 0.355. The summed E-state index contributed by atoms with van der Waals surface area (Å²) in [6.07, 6.45) is 3.51. The molecule has 3 rings (SSSR count). The van der Waals surface area contributed by atoms with Gasteiger partial charge in [0.25, 0.3) is 0 Å². The van der Waals surface area contributed by atoms with Crippen molar-refractivity contribution in [3.63, 3.8) is 0 Å². The smallest absolute Gasteiger partial charge is 0.230 e. The second-order valence-corrected chi connectivity index (χ2v) is 5.56. The van der Waals surface area contributed by atoms with Crippen molar-refractivity contribution in [1.82, 2.24) is 9.97 Å². The van der Waals surface area contributed by atoms with Gasteiger partial charge in [0.1, 0.15) is 12.1 Å². The molecule has 1 aromatic heterocycles. The van der Waals surface area contributed by atoms with E-state index in [1.54, 1.807) is 32.0 Å². The average molecular weight is 328 g/mol. The molecule has 0 N–H and O–H groups in total. The molecule has 118 valence electrons. The van der Waals surface area contributed by atoms with E-state index in [2.05, 4.69) is 9.97 Å². The van der Waals surface area contributed by atoms with E-state index in [-0.39, 0.29) is 0 Å². The van der Waals surface area contributed by atoms with Crippen molar-refractivity contribution in [2.24, 2.45) is 0 Å². The van der Waals surface area contributed by atoms with Crippen LogP contribution in [0.1, 0.15) is 0 Å². The highest BCUT2D eigenvalue weighted by Crippen LogP contribution is 2.35. The van der Waals surface area contributed by atoms with Crippen LogP contribution in [0, 0.1) is 0 Å². The van der Waals surface area contributed by atoms with Gasteiger partial charge in [0, 0.05) is 11.0 Å². The number of aromatic nitrogens is 2. The van der Waals surface area contributed by atoms with Gasteiger partial charge in [-0.05, 0) is 36.6 Å². The molecule has 5 nitrogen and oxygen atoms in total. The van der Waals surface area contributed by atoms with Crippen molar-refractivity contribution in [1.29, 1.82) is 0 Å². The fraction of sp³-hybridized carbons (Fsp3) is 0.176. The molecular formula is C17H16N2O3S. The SMILES string of the molecule is COc1cc2ncnc(Oc3ccc(SC)cc3)c2cc1OC. The van der Waals surface area contributed by atoms with Crippen LogP contribution in [0.2, 0.25) is 0 Å². The van der Waals surface area contributed by atoms with Crippen LogP contribution in [0.25, 0.3) is 10.9 Å². The van der Waals surface area contributed by atoms with Gasteiger partial charge in [0.2, 0.25) is 5.88 Å². The molecule has 0 aliphatic carbocycles. The Morgan fingerprint density at radius 2 is 1.61 bits per heavy atom. The minimum absolute atomic E-state index is 0.479. The van der Waals surface area contributed by atoms with Gasteiger partial charge < -0.3 is 14.2 Å². The quantitative estimate of drug-likeness (QED) is 0.656. The van der Waals surface area contributed by atoms with Gasteiger partial charge in [0.15, 0.2) is 11.5 Å². The van der Waals surface area contributed by atoms with E-state index in [4.69, 9.17) is 14.2 Å². The molecule has 6 heteroatoms. The topological polar surface area (TPSA) is 53.5 Å². The number of rotatable bonds is 5. The van der Waals surface area contributed by atoms with Gasteiger partial charge in [-0.15, -0.1) is 11.8 Å². The summed E-state index contributed by atoms with van der Waals surface area (Å²) in [7, 11) is 3.19. The van der Waals surface area contributed by atoms with E-state index in [1.165, 1.54) is 11.2 Å². The number of fused-ring (bicyclic) bond motifs is 1. The lowest BCUT2D eigenvalue weighted by atomic mass is 10.2. The first kappa shape index (κ1) is 15.4. The molecule has 0 saturated heterocycles. The van der Waals surface area contributed by atoms with Crippen LogP contribution in [0.15, 0.2) is 47.6 Å². The monoisotopic (exact) mass is 328 g/mol. The molecule has 0 amide bonds. The zero-order valence-electron chi connectivity index (χ0n) is 13.1. The third-order valence-electron chi connectivity index (χ3n) is 3.38. The number of ether oxygens (including phenoxy) is 3. The standard InChI is InChI=1S/C17H16N2O3S/c1-20-15-8-13-14(9-16(15)21-2)18-10-19-17(13)22-11-4-6-12(23-3)7-5-11/h4-10H,1-3H3. The van der Waals surface area contributed by atoms with E-state index in [0.717, 1.165) is 16.7 Å². The Kier molecular flexibility index (Phi) is 4.52. The van der Waals surface area contributed by atoms with Crippen molar-refractivity contribution in [2.45, 2.75) is 4.90 Å². The third kappa shape index (κ3) is 3.17. The number of hydrogen-bond acceptors (Lipinski definition) is 6. The van der Waals surface area contributed by atoms with Gasteiger partial charge in [-0.2, -0.15) is 0 Å². The first-order chi connectivity index (χ1) is 11.2. The summed E-state index contributed by atoms with van der Waals surface area (Å²) in [5.74, 6) is 2.43. The van der Waals surface area contributed by atoms with Crippen LogP contribution in [-0.4, -0.2) is 30.4 Å². The molecular weight excluding hydrogens is 312 g/mol. The predicted octanol–water partition coefficient (Wildman–Crippen LogP) is 4.16. The van der Waals surface area contributed by atoms with Crippen molar-refractivity contribution in [3.8, 4) is 23.1 Å². The largest absolute Gasteiger partial charge is 0.493 e. The molecule has 3 aromatic rings. The summed E-state index contributed by atoms with van der Waals surface area (Å²) in [6.45, 7) is 0. The Morgan fingerprint density at radius 3 is 2.26 bits per heavy atom. The van der Waals surface area contributed by atoms with Gasteiger partial charge in [-0.25, -0.2) is 9.97 Å². The molecule has 0 unspecified atom stereocenters.